The number of para-hydroxylation sites is 1. The molecule has 0 saturated heterocycles. The van der Waals surface area contributed by atoms with Gasteiger partial charge < -0.3 is 0 Å². The maximum atomic E-state index is 6.45. The Balaban J connectivity index is 2.51. The molecule has 2 aromatic rings. The van der Waals surface area contributed by atoms with Crippen LogP contribution in [0.15, 0.2) is 47.5 Å². The first-order chi connectivity index (χ1) is 11.2. The Morgan fingerprint density at radius 1 is 1.00 bits per heavy atom. The van der Waals surface area contributed by atoms with Gasteiger partial charge in [-0.15, -0.1) is 0 Å². The van der Waals surface area contributed by atoms with Gasteiger partial charge in [0.25, 0.3) is 0 Å². The zero-order valence-electron chi connectivity index (χ0n) is 14.9. The normalized spacial score (nSPS) is 12.2. The predicted octanol–water partition coefficient (Wildman–Crippen LogP) is 6.41. The van der Waals surface area contributed by atoms with Crippen molar-refractivity contribution in [3.63, 3.8) is 0 Å². The van der Waals surface area contributed by atoms with E-state index in [1.807, 2.05) is 12.3 Å². The molecule has 24 heavy (non-hydrogen) atoms. The average Bonchev–Trinajstić information content (AvgIpc) is 2.51. The van der Waals surface area contributed by atoms with Gasteiger partial charge in [-0.05, 0) is 0 Å². The molecule has 0 fully saturated rings. The van der Waals surface area contributed by atoms with Crippen molar-refractivity contribution in [2.45, 2.75) is 46.0 Å². The number of rotatable bonds is 4. The summed E-state index contributed by atoms with van der Waals surface area (Å²) >= 11 is -2.30. The molecule has 1 nitrogen and oxygen atoms in total. The maximum absolute atomic E-state index is 6.45. The number of hydrogen-bond donors (Lipinski definition) is 0. The van der Waals surface area contributed by atoms with Gasteiger partial charge in [0.15, 0.2) is 0 Å². The minimum atomic E-state index is -2.30. The van der Waals surface area contributed by atoms with E-state index in [-0.39, 0.29) is 5.41 Å². The van der Waals surface area contributed by atoms with Crippen LogP contribution in [-0.2, 0) is 21.2 Å². The summed E-state index contributed by atoms with van der Waals surface area (Å²) in [7, 11) is 12.9. The van der Waals surface area contributed by atoms with Gasteiger partial charge >= 0.3 is 160 Å². The van der Waals surface area contributed by atoms with E-state index in [1.165, 1.54) is 11.1 Å². The van der Waals surface area contributed by atoms with E-state index >= 15 is 0 Å². The van der Waals surface area contributed by atoms with Crippen molar-refractivity contribution in [2.75, 3.05) is 0 Å². The Kier molecular flexibility index (Phi) is 6.73. The van der Waals surface area contributed by atoms with E-state index in [0.717, 1.165) is 15.1 Å². The second-order valence-electron chi connectivity index (χ2n) is 7.25. The molecular weight excluding hydrogens is 373 g/mol. The Morgan fingerprint density at radius 3 is 2.25 bits per heavy atom. The molecule has 0 atom stereocenters. The van der Waals surface area contributed by atoms with Gasteiger partial charge in [-0.1, -0.05) is 0 Å². The first kappa shape index (κ1) is 19.7. The third-order valence-corrected chi connectivity index (χ3v) is 7.02. The molecule has 0 bridgehead atoms. The van der Waals surface area contributed by atoms with Gasteiger partial charge in [-0.3, -0.25) is 0 Å². The zero-order valence-corrected chi connectivity index (χ0v) is 18.0. The fraction of sp³-hybridized carbons (Fsp3) is 0.350. The van der Waals surface area contributed by atoms with Crippen LogP contribution in [0.2, 0.25) is 0 Å². The van der Waals surface area contributed by atoms with E-state index in [4.69, 9.17) is 23.6 Å². The number of nitrogens with zero attached hydrogens (tertiary/aromatic N) is 1. The van der Waals surface area contributed by atoms with Crippen LogP contribution in [0, 0.1) is 0 Å². The second-order valence-corrected chi connectivity index (χ2v) is 12.8. The van der Waals surface area contributed by atoms with Crippen molar-refractivity contribution in [1.82, 2.24) is 0 Å². The standard InChI is InChI=1S/C20H24N.2ClH.Ti/c1-15(2)18-11-6-7-12-19(18)21-14-16-9-8-10-17(13-16)20(3,4)5;;;/h6-12,14-15H,1-5H3;2*1H;/q;;;+2/p-2. The predicted molar refractivity (Wildman–Crippen MR) is 104 cm³/mol. The Morgan fingerprint density at radius 2 is 1.67 bits per heavy atom. The van der Waals surface area contributed by atoms with Gasteiger partial charge in [0.1, 0.15) is 0 Å². The third-order valence-electron chi connectivity index (χ3n) is 4.00. The molecule has 0 N–H and O–H groups in total. The van der Waals surface area contributed by atoms with Crippen LogP contribution >= 0.6 is 18.6 Å². The molecule has 2 rings (SSSR count). The van der Waals surface area contributed by atoms with Crippen LogP contribution in [0.3, 0.4) is 0 Å². The fourth-order valence-corrected chi connectivity index (χ4v) is 6.09. The van der Waals surface area contributed by atoms with Crippen LogP contribution < -0.4 is 3.87 Å². The molecular formula is C20H24Cl2NTi. The average molecular weight is 397 g/mol. The van der Waals surface area contributed by atoms with Crippen LogP contribution in [0.1, 0.15) is 57.2 Å². The molecule has 0 unspecified atom stereocenters. The SMILES string of the molecule is CC(C)c1ccccc1N=Cc1cccc(C(C)(C)C)[c]1[Ti]([Cl])[Cl]. The molecule has 0 aliphatic carbocycles. The van der Waals surface area contributed by atoms with Crippen molar-refractivity contribution in [3.8, 4) is 0 Å². The van der Waals surface area contributed by atoms with E-state index in [1.54, 1.807) is 0 Å². The second kappa shape index (κ2) is 8.19. The van der Waals surface area contributed by atoms with E-state index in [9.17, 15) is 0 Å². The van der Waals surface area contributed by atoms with Gasteiger partial charge in [-0.25, -0.2) is 0 Å². The molecule has 4 heteroatoms. The molecule has 0 aliphatic rings. The Bertz CT molecular complexity index is 731. The van der Waals surface area contributed by atoms with Crippen molar-refractivity contribution in [1.29, 1.82) is 0 Å². The van der Waals surface area contributed by atoms with E-state index in [2.05, 4.69) is 71.0 Å². The summed E-state index contributed by atoms with van der Waals surface area (Å²) in [6.45, 7) is 10.9. The number of hydrogen-bond acceptors (Lipinski definition) is 1. The topological polar surface area (TPSA) is 12.4 Å². The monoisotopic (exact) mass is 396 g/mol. The molecule has 0 amide bonds. The first-order valence-electron chi connectivity index (χ1n) is 8.16. The van der Waals surface area contributed by atoms with Crippen molar-refractivity contribution in [2.24, 2.45) is 4.99 Å². The number of halogens is 2. The van der Waals surface area contributed by atoms with Crippen LogP contribution in [0.25, 0.3) is 0 Å². The molecule has 0 saturated carbocycles. The quantitative estimate of drug-likeness (QED) is 0.418. The summed E-state index contributed by atoms with van der Waals surface area (Å²) in [6, 6.07) is 14.5. The van der Waals surface area contributed by atoms with Gasteiger partial charge in [0.2, 0.25) is 0 Å². The molecule has 0 aromatic heterocycles. The van der Waals surface area contributed by atoms with E-state index < -0.39 is 15.7 Å². The van der Waals surface area contributed by atoms with Gasteiger partial charge in [0.05, 0.1) is 0 Å². The molecule has 0 aliphatic heterocycles. The van der Waals surface area contributed by atoms with Crippen LogP contribution in [-0.4, -0.2) is 6.21 Å². The van der Waals surface area contributed by atoms with Crippen LogP contribution in [0.4, 0.5) is 5.69 Å². The molecule has 0 spiro atoms. The summed E-state index contributed by atoms with van der Waals surface area (Å²) < 4.78 is 1.11. The minimum absolute atomic E-state index is 0.0110. The van der Waals surface area contributed by atoms with E-state index in [0.29, 0.717) is 5.92 Å². The summed E-state index contributed by atoms with van der Waals surface area (Å²) in [5.41, 5.74) is 4.53. The molecule has 2 aromatic carbocycles. The summed E-state index contributed by atoms with van der Waals surface area (Å²) in [6.07, 6.45) is 1.92. The fourth-order valence-electron chi connectivity index (χ4n) is 2.75. The molecule has 0 radical (unpaired) electrons. The van der Waals surface area contributed by atoms with Crippen molar-refractivity contribution < 1.29 is 15.7 Å². The summed E-state index contributed by atoms with van der Waals surface area (Å²) in [5, 5.41) is 0. The van der Waals surface area contributed by atoms with Crippen molar-refractivity contribution >= 4 is 34.4 Å². The zero-order chi connectivity index (χ0) is 17.9. The number of benzene rings is 2. The summed E-state index contributed by atoms with van der Waals surface area (Å²) in [5.74, 6) is 0.434. The van der Waals surface area contributed by atoms with Gasteiger partial charge in [0, 0.05) is 0 Å². The summed E-state index contributed by atoms with van der Waals surface area (Å²) in [4.78, 5) is 4.75. The van der Waals surface area contributed by atoms with Crippen molar-refractivity contribution in [3.05, 3.63) is 59.2 Å². The van der Waals surface area contributed by atoms with Crippen LogP contribution in [0.5, 0.6) is 0 Å². The Labute approximate surface area is 159 Å². The molecule has 0 heterocycles. The third kappa shape index (κ3) is 4.73. The van der Waals surface area contributed by atoms with Gasteiger partial charge in [-0.2, -0.15) is 0 Å². The molecule has 127 valence electrons. The first-order valence-corrected chi connectivity index (χ1v) is 13.2. The number of aliphatic imine (C=N–C) groups is 1. The Hall–Kier alpha value is -0.596.